The number of sulfonamides is 1. The maximum absolute atomic E-state index is 11.8. The normalized spacial score (nSPS) is 20.8. The number of rotatable bonds is 3. The van der Waals surface area contributed by atoms with Gasteiger partial charge in [0, 0.05) is 6.54 Å². The first kappa shape index (κ1) is 11.1. The molecule has 1 aliphatic rings. The Balaban J connectivity index is 2.18. The van der Waals surface area contributed by atoms with Crippen LogP contribution in [0.2, 0.25) is 0 Å². The van der Waals surface area contributed by atoms with Crippen LogP contribution in [0.3, 0.4) is 0 Å². The number of nitrogens with one attached hydrogen (secondary N) is 2. The Morgan fingerprint density at radius 3 is 2.50 bits per heavy atom. The molecule has 2 rings (SSSR count). The number of hydrogen-bond donors (Lipinski definition) is 2. The largest absolute Gasteiger partial charge is 0.355 e. The second-order valence-corrected chi connectivity index (χ2v) is 5.28. The van der Waals surface area contributed by atoms with E-state index in [0.29, 0.717) is 13.0 Å². The molecule has 86 valence electrons. The van der Waals surface area contributed by atoms with E-state index in [4.69, 9.17) is 0 Å². The average Bonchev–Trinajstić information content (AvgIpc) is 2.65. The fourth-order valence-electron chi connectivity index (χ4n) is 1.56. The van der Waals surface area contributed by atoms with Crippen molar-refractivity contribution in [3.05, 3.63) is 30.3 Å². The first-order valence-electron chi connectivity index (χ1n) is 4.95. The Labute approximate surface area is 93.9 Å². The van der Waals surface area contributed by atoms with Gasteiger partial charge in [0.25, 0.3) is 0 Å². The third kappa shape index (κ3) is 2.23. The molecule has 5 nitrogen and oxygen atoms in total. The summed E-state index contributed by atoms with van der Waals surface area (Å²) in [6, 6.07) is 7.36. The van der Waals surface area contributed by atoms with Gasteiger partial charge in [-0.3, -0.25) is 4.79 Å². The molecule has 0 aliphatic carbocycles. The highest BCUT2D eigenvalue weighted by atomic mass is 32.2. The summed E-state index contributed by atoms with van der Waals surface area (Å²) in [6.45, 7) is 0.515. The lowest BCUT2D eigenvalue weighted by molar-refractivity contribution is -0.120. The van der Waals surface area contributed by atoms with Gasteiger partial charge in [0.1, 0.15) is 6.04 Å². The van der Waals surface area contributed by atoms with Crippen LogP contribution < -0.4 is 10.0 Å². The molecule has 1 amide bonds. The zero-order valence-electron chi connectivity index (χ0n) is 8.51. The maximum atomic E-state index is 11.8. The minimum absolute atomic E-state index is 0.176. The molecule has 1 atom stereocenters. The zero-order chi connectivity index (χ0) is 11.6. The van der Waals surface area contributed by atoms with Gasteiger partial charge in [-0.1, -0.05) is 18.2 Å². The van der Waals surface area contributed by atoms with Gasteiger partial charge in [-0.25, -0.2) is 8.42 Å². The molecule has 0 aromatic heterocycles. The second-order valence-electron chi connectivity index (χ2n) is 3.57. The Morgan fingerprint density at radius 2 is 1.94 bits per heavy atom. The number of carbonyl (C=O) groups is 1. The average molecular weight is 240 g/mol. The third-order valence-electron chi connectivity index (χ3n) is 2.40. The maximum Gasteiger partial charge on any atom is 0.241 e. The van der Waals surface area contributed by atoms with Crippen LogP contribution in [0.1, 0.15) is 6.42 Å². The summed E-state index contributed by atoms with van der Waals surface area (Å²) >= 11 is 0. The standard InChI is InChI=1S/C10H12N2O3S/c13-10-9(6-7-11-10)12-16(14,15)8-4-2-1-3-5-8/h1-5,9,12H,6-7H2,(H,11,13)/t9-/m0/s1. The van der Waals surface area contributed by atoms with Crippen molar-refractivity contribution in [2.75, 3.05) is 6.54 Å². The molecule has 0 saturated carbocycles. The van der Waals surface area contributed by atoms with Gasteiger partial charge in [-0.15, -0.1) is 0 Å². The monoisotopic (exact) mass is 240 g/mol. The van der Waals surface area contributed by atoms with E-state index >= 15 is 0 Å². The van der Waals surface area contributed by atoms with Gasteiger partial charge in [0.2, 0.25) is 15.9 Å². The Bertz CT molecular complexity index is 484. The van der Waals surface area contributed by atoms with E-state index in [1.807, 2.05) is 0 Å². The van der Waals surface area contributed by atoms with E-state index in [1.54, 1.807) is 18.2 Å². The number of benzene rings is 1. The van der Waals surface area contributed by atoms with Crippen LogP contribution in [0.15, 0.2) is 35.2 Å². The highest BCUT2D eigenvalue weighted by Crippen LogP contribution is 2.10. The molecule has 0 spiro atoms. The molecule has 0 radical (unpaired) electrons. The quantitative estimate of drug-likeness (QED) is 0.771. The zero-order valence-corrected chi connectivity index (χ0v) is 9.33. The van der Waals surface area contributed by atoms with Crippen molar-refractivity contribution >= 4 is 15.9 Å². The van der Waals surface area contributed by atoms with Crippen LogP contribution in [0.4, 0.5) is 0 Å². The van der Waals surface area contributed by atoms with Crippen molar-refractivity contribution in [3.63, 3.8) is 0 Å². The molecule has 1 heterocycles. The van der Waals surface area contributed by atoms with Crippen molar-refractivity contribution < 1.29 is 13.2 Å². The van der Waals surface area contributed by atoms with Crippen LogP contribution in [-0.2, 0) is 14.8 Å². The highest BCUT2D eigenvalue weighted by Gasteiger charge is 2.28. The van der Waals surface area contributed by atoms with Crippen LogP contribution in [0.5, 0.6) is 0 Å². The Kier molecular flexibility index (Phi) is 2.93. The summed E-state index contributed by atoms with van der Waals surface area (Å²) in [5.74, 6) is -0.264. The van der Waals surface area contributed by atoms with Gasteiger partial charge in [0.15, 0.2) is 0 Å². The van der Waals surface area contributed by atoms with Crippen LogP contribution in [0.25, 0.3) is 0 Å². The fourth-order valence-corrected chi connectivity index (χ4v) is 2.81. The third-order valence-corrected chi connectivity index (χ3v) is 3.89. The summed E-state index contributed by atoms with van der Waals surface area (Å²) < 4.78 is 26.1. The molecular formula is C10H12N2O3S. The predicted molar refractivity (Wildman–Crippen MR) is 58.2 cm³/mol. The first-order valence-corrected chi connectivity index (χ1v) is 6.43. The number of hydrogen-bond acceptors (Lipinski definition) is 3. The number of carbonyl (C=O) groups excluding carboxylic acids is 1. The van der Waals surface area contributed by atoms with Gasteiger partial charge < -0.3 is 5.32 Å². The van der Waals surface area contributed by atoms with E-state index in [9.17, 15) is 13.2 Å². The lowest BCUT2D eigenvalue weighted by atomic mass is 10.3. The molecule has 1 aliphatic heterocycles. The van der Waals surface area contributed by atoms with Crippen LogP contribution in [0, 0.1) is 0 Å². The Hall–Kier alpha value is -1.40. The molecular weight excluding hydrogens is 228 g/mol. The Morgan fingerprint density at radius 1 is 1.25 bits per heavy atom. The summed E-state index contributed by atoms with van der Waals surface area (Å²) in [6.07, 6.45) is 0.491. The number of amides is 1. The second kappa shape index (κ2) is 4.23. The van der Waals surface area contributed by atoms with Crippen molar-refractivity contribution in [1.82, 2.24) is 10.0 Å². The van der Waals surface area contributed by atoms with Gasteiger partial charge in [-0.2, -0.15) is 4.72 Å². The lowest BCUT2D eigenvalue weighted by Gasteiger charge is -2.10. The van der Waals surface area contributed by atoms with E-state index < -0.39 is 16.1 Å². The van der Waals surface area contributed by atoms with Crippen molar-refractivity contribution in [2.24, 2.45) is 0 Å². The molecule has 6 heteroatoms. The van der Waals surface area contributed by atoms with Gasteiger partial charge in [0.05, 0.1) is 4.90 Å². The van der Waals surface area contributed by atoms with E-state index in [-0.39, 0.29) is 10.8 Å². The molecule has 1 saturated heterocycles. The van der Waals surface area contributed by atoms with E-state index in [0.717, 1.165) is 0 Å². The summed E-state index contributed by atoms with van der Waals surface area (Å²) in [4.78, 5) is 11.4. The predicted octanol–water partition coefficient (Wildman–Crippen LogP) is -0.147. The van der Waals surface area contributed by atoms with Crippen LogP contribution in [-0.4, -0.2) is 26.9 Å². The summed E-state index contributed by atoms with van der Waals surface area (Å²) in [5, 5.41) is 2.58. The minimum Gasteiger partial charge on any atom is -0.355 e. The molecule has 1 fully saturated rings. The van der Waals surface area contributed by atoms with Crippen LogP contribution >= 0.6 is 0 Å². The molecule has 2 N–H and O–H groups in total. The van der Waals surface area contributed by atoms with Gasteiger partial charge >= 0.3 is 0 Å². The van der Waals surface area contributed by atoms with Crippen molar-refractivity contribution in [3.8, 4) is 0 Å². The highest BCUT2D eigenvalue weighted by molar-refractivity contribution is 7.89. The molecule has 16 heavy (non-hydrogen) atoms. The van der Waals surface area contributed by atoms with Crippen molar-refractivity contribution in [2.45, 2.75) is 17.4 Å². The fraction of sp³-hybridized carbons (Fsp3) is 0.300. The van der Waals surface area contributed by atoms with E-state index in [1.165, 1.54) is 12.1 Å². The lowest BCUT2D eigenvalue weighted by Crippen LogP contribution is -2.40. The molecule has 1 aromatic rings. The summed E-state index contributed by atoms with van der Waals surface area (Å²) in [7, 11) is -3.59. The topological polar surface area (TPSA) is 75.3 Å². The molecule has 1 aromatic carbocycles. The van der Waals surface area contributed by atoms with Gasteiger partial charge in [-0.05, 0) is 18.6 Å². The summed E-state index contributed by atoms with van der Waals surface area (Å²) in [5.41, 5.74) is 0. The molecule has 0 unspecified atom stereocenters. The van der Waals surface area contributed by atoms with Crippen molar-refractivity contribution in [1.29, 1.82) is 0 Å². The minimum atomic E-state index is -3.59. The first-order chi connectivity index (χ1) is 7.59. The smallest absolute Gasteiger partial charge is 0.241 e. The SMILES string of the molecule is O=C1NCC[C@@H]1NS(=O)(=O)c1ccccc1. The van der Waals surface area contributed by atoms with E-state index in [2.05, 4.69) is 10.0 Å². The molecule has 0 bridgehead atoms.